The van der Waals surface area contributed by atoms with Crippen molar-refractivity contribution in [1.82, 2.24) is 5.06 Å². The van der Waals surface area contributed by atoms with E-state index in [-0.39, 0.29) is 22.4 Å². The van der Waals surface area contributed by atoms with Crippen molar-refractivity contribution in [2.24, 2.45) is 0 Å². The summed E-state index contributed by atoms with van der Waals surface area (Å²) in [6.07, 6.45) is -0.746. The van der Waals surface area contributed by atoms with Gasteiger partial charge in [0.15, 0.2) is 0 Å². The van der Waals surface area contributed by atoms with Gasteiger partial charge in [-0.3, -0.25) is 9.59 Å². The highest BCUT2D eigenvalue weighted by Gasteiger charge is 2.33. The van der Waals surface area contributed by atoms with Gasteiger partial charge in [0.25, 0.3) is 5.91 Å². The number of nitrogens with one attached hydrogen (secondary N) is 2. The zero-order valence-electron chi connectivity index (χ0n) is 23.7. The van der Waals surface area contributed by atoms with Crippen LogP contribution in [-0.2, 0) is 9.63 Å². The molecule has 0 unspecified atom stereocenters. The lowest BCUT2D eigenvalue weighted by atomic mass is 9.95. The van der Waals surface area contributed by atoms with E-state index in [1.807, 2.05) is 32.9 Å². The minimum absolute atomic E-state index is 0.111. The van der Waals surface area contributed by atoms with Crippen molar-refractivity contribution in [2.45, 2.75) is 72.2 Å². The lowest BCUT2D eigenvalue weighted by Crippen LogP contribution is -2.42. The molecule has 1 aromatic heterocycles. The third-order valence-corrected chi connectivity index (χ3v) is 7.97. The Hall–Kier alpha value is -4.06. The fourth-order valence-electron chi connectivity index (χ4n) is 5.09. The molecule has 1 aliphatic rings. The molecule has 0 saturated heterocycles. The maximum atomic E-state index is 13.9. The first-order valence-corrected chi connectivity index (χ1v) is 14.3. The number of amides is 3. The summed E-state index contributed by atoms with van der Waals surface area (Å²) in [7, 11) is 0. The predicted octanol–water partition coefficient (Wildman–Crippen LogP) is 8.14. The van der Waals surface area contributed by atoms with E-state index in [4.69, 9.17) is 4.84 Å². The Morgan fingerprint density at radius 1 is 0.929 bits per heavy atom. The molecule has 8 nitrogen and oxygen atoms in total. The molecule has 2 aromatic carbocycles. The highest BCUT2D eigenvalue weighted by atomic mass is 32.1. The van der Waals surface area contributed by atoms with Gasteiger partial charge in [-0.1, -0.05) is 37.0 Å². The number of anilines is 2. The number of benzene rings is 2. The van der Waals surface area contributed by atoms with Crippen molar-refractivity contribution >= 4 is 40.6 Å². The lowest BCUT2D eigenvalue weighted by molar-refractivity contribution is -0.274. The minimum atomic E-state index is -4.83. The van der Waals surface area contributed by atoms with E-state index < -0.39 is 24.3 Å². The summed E-state index contributed by atoms with van der Waals surface area (Å²) in [4.78, 5) is 45.0. The SMILES string of the molecule is CC(=O)ON(C(=O)c1sc(-c2ccc(OC(F)(F)F)cc2)cc1NC(=O)Nc1c(C)cc(C)cc1C)C1CCCCC1. The summed E-state index contributed by atoms with van der Waals surface area (Å²) in [6.45, 7) is 6.92. The van der Waals surface area contributed by atoms with E-state index in [0.29, 0.717) is 29.0 Å². The van der Waals surface area contributed by atoms with Gasteiger partial charge in [0.05, 0.1) is 11.7 Å². The Morgan fingerprint density at radius 3 is 2.12 bits per heavy atom. The van der Waals surface area contributed by atoms with Gasteiger partial charge in [-0.25, -0.2) is 4.79 Å². The van der Waals surface area contributed by atoms with Gasteiger partial charge in [-0.15, -0.1) is 24.5 Å². The number of aryl methyl sites for hydroxylation is 3. The van der Waals surface area contributed by atoms with E-state index in [1.165, 1.54) is 31.2 Å². The van der Waals surface area contributed by atoms with Crippen LogP contribution in [0.15, 0.2) is 42.5 Å². The summed E-state index contributed by atoms with van der Waals surface area (Å²) >= 11 is 1.03. The number of alkyl halides is 3. The van der Waals surface area contributed by atoms with Crippen LogP contribution in [0.5, 0.6) is 5.75 Å². The standard InChI is InChI=1S/C30H32F3N3O5S/c1-17-14-18(2)26(19(3)15-17)35-29(39)34-24-16-25(21-10-12-23(13-11-21)40-30(31,32)33)42-27(24)28(38)36(41-20(4)37)22-8-6-5-7-9-22/h10-16,22H,5-9H2,1-4H3,(H2,34,35,39). The number of rotatable bonds is 6. The topological polar surface area (TPSA) is 97.0 Å². The van der Waals surface area contributed by atoms with Crippen LogP contribution in [0.4, 0.5) is 29.3 Å². The third kappa shape index (κ3) is 7.81. The van der Waals surface area contributed by atoms with E-state index >= 15 is 0 Å². The number of hydroxylamine groups is 2. The molecule has 0 bridgehead atoms. The second-order valence-corrected chi connectivity index (χ2v) is 11.3. The molecule has 0 spiro atoms. The van der Waals surface area contributed by atoms with Crippen LogP contribution in [0, 0.1) is 20.8 Å². The molecule has 3 amide bonds. The Balaban J connectivity index is 1.68. The number of thiophene rings is 1. The van der Waals surface area contributed by atoms with E-state index in [9.17, 15) is 27.6 Å². The Morgan fingerprint density at radius 2 is 1.55 bits per heavy atom. The number of ether oxygens (including phenoxy) is 1. The van der Waals surface area contributed by atoms with E-state index in [1.54, 1.807) is 6.07 Å². The van der Waals surface area contributed by atoms with Crippen molar-refractivity contribution in [3.63, 3.8) is 0 Å². The number of urea groups is 1. The molecule has 0 atom stereocenters. The number of carbonyl (C=O) groups excluding carboxylic acids is 3. The summed E-state index contributed by atoms with van der Waals surface area (Å²) < 4.78 is 41.9. The molecule has 0 aliphatic heterocycles. The number of hydrogen-bond acceptors (Lipinski definition) is 6. The van der Waals surface area contributed by atoms with Gasteiger partial charge in [-0.05, 0) is 80.6 Å². The molecular formula is C30H32F3N3O5S. The fraction of sp³-hybridized carbons (Fsp3) is 0.367. The molecule has 1 saturated carbocycles. The monoisotopic (exact) mass is 603 g/mol. The normalized spacial score (nSPS) is 13.8. The second kappa shape index (κ2) is 12.8. The van der Waals surface area contributed by atoms with Gasteiger partial charge < -0.3 is 20.2 Å². The van der Waals surface area contributed by atoms with Crippen LogP contribution >= 0.6 is 11.3 Å². The predicted molar refractivity (Wildman–Crippen MR) is 155 cm³/mol. The first-order valence-electron chi connectivity index (χ1n) is 13.5. The van der Waals surface area contributed by atoms with Gasteiger partial charge in [0, 0.05) is 17.5 Å². The van der Waals surface area contributed by atoms with Crippen LogP contribution in [0.2, 0.25) is 0 Å². The molecule has 1 heterocycles. The van der Waals surface area contributed by atoms with Crippen molar-refractivity contribution in [2.75, 3.05) is 10.6 Å². The number of carbonyl (C=O) groups is 3. The molecule has 0 radical (unpaired) electrons. The molecule has 1 fully saturated rings. The first kappa shape index (κ1) is 30.9. The molecule has 2 N–H and O–H groups in total. The van der Waals surface area contributed by atoms with Gasteiger partial charge in [0.1, 0.15) is 10.6 Å². The Bertz CT molecular complexity index is 1440. The first-order chi connectivity index (χ1) is 19.8. The van der Waals surface area contributed by atoms with Crippen molar-refractivity contribution in [1.29, 1.82) is 0 Å². The molecule has 1 aliphatic carbocycles. The van der Waals surface area contributed by atoms with Crippen LogP contribution in [0.3, 0.4) is 0 Å². The van der Waals surface area contributed by atoms with Crippen molar-refractivity contribution in [3.05, 3.63) is 64.0 Å². The lowest BCUT2D eigenvalue weighted by Gasteiger charge is -2.31. The summed E-state index contributed by atoms with van der Waals surface area (Å²) in [6, 6.07) is 9.72. The van der Waals surface area contributed by atoms with Crippen LogP contribution in [0.25, 0.3) is 10.4 Å². The highest BCUT2D eigenvalue weighted by molar-refractivity contribution is 7.18. The quantitative estimate of drug-likeness (QED) is 0.277. The smallest absolute Gasteiger partial charge is 0.406 e. The molecule has 4 rings (SSSR count). The largest absolute Gasteiger partial charge is 0.573 e. The maximum Gasteiger partial charge on any atom is 0.573 e. The fourth-order valence-corrected chi connectivity index (χ4v) is 6.13. The average molecular weight is 604 g/mol. The summed E-state index contributed by atoms with van der Waals surface area (Å²) in [5, 5.41) is 6.69. The third-order valence-electron chi connectivity index (χ3n) is 6.80. The Kier molecular flexibility index (Phi) is 9.45. The van der Waals surface area contributed by atoms with Gasteiger partial charge in [-0.2, -0.15) is 5.06 Å². The number of halogens is 3. The van der Waals surface area contributed by atoms with E-state index in [2.05, 4.69) is 15.4 Å². The van der Waals surface area contributed by atoms with Crippen LogP contribution in [0.1, 0.15) is 65.4 Å². The zero-order valence-corrected chi connectivity index (χ0v) is 24.5. The van der Waals surface area contributed by atoms with Crippen LogP contribution in [-0.4, -0.2) is 35.4 Å². The molecule has 3 aromatic rings. The molecule has 224 valence electrons. The highest BCUT2D eigenvalue weighted by Crippen LogP contribution is 2.38. The van der Waals surface area contributed by atoms with Crippen molar-refractivity contribution < 1.29 is 37.1 Å². The zero-order chi connectivity index (χ0) is 30.6. The molecule has 42 heavy (non-hydrogen) atoms. The van der Waals surface area contributed by atoms with Crippen molar-refractivity contribution in [3.8, 4) is 16.2 Å². The van der Waals surface area contributed by atoms with Gasteiger partial charge >= 0.3 is 18.4 Å². The molecular weight excluding hydrogens is 571 g/mol. The maximum absolute atomic E-state index is 13.9. The average Bonchev–Trinajstić information content (AvgIpc) is 3.32. The summed E-state index contributed by atoms with van der Waals surface area (Å²) in [5.74, 6) is -1.63. The minimum Gasteiger partial charge on any atom is -0.406 e. The summed E-state index contributed by atoms with van der Waals surface area (Å²) in [5.41, 5.74) is 4.08. The second-order valence-electron chi connectivity index (χ2n) is 10.3. The van der Waals surface area contributed by atoms with Gasteiger partial charge in [0.2, 0.25) is 0 Å². The van der Waals surface area contributed by atoms with Crippen LogP contribution < -0.4 is 15.4 Å². The Labute approximate surface area is 245 Å². The van der Waals surface area contributed by atoms with E-state index in [0.717, 1.165) is 52.4 Å². The molecule has 12 heteroatoms. The number of nitrogens with zero attached hydrogens (tertiary/aromatic N) is 1. The number of hydrogen-bond donors (Lipinski definition) is 2.